The number of rotatable bonds is 6. The maximum atomic E-state index is 13.4. The molecule has 0 N–H and O–H groups in total. The molecule has 34 heavy (non-hydrogen) atoms. The van der Waals surface area contributed by atoms with E-state index in [1.165, 1.54) is 6.20 Å². The van der Waals surface area contributed by atoms with Gasteiger partial charge in [-0.05, 0) is 74.9 Å². The summed E-state index contributed by atoms with van der Waals surface area (Å²) in [5.74, 6) is -0.560. The molecule has 7 heteroatoms. The summed E-state index contributed by atoms with van der Waals surface area (Å²) in [5, 5.41) is 0.306. The zero-order chi connectivity index (χ0) is 24.4. The number of benzene rings is 2. The molecular formula is C27H24BrN3O3. The Morgan fingerprint density at radius 3 is 2.44 bits per heavy atom. The Labute approximate surface area is 206 Å². The second-order valence-corrected chi connectivity index (χ2v) is 9.05. The number of hydrogen-bond donors (Lipinski definition) is 0. The van der Waals surface area contributed by atoms with Gasteiger partial charge in [0.15, 0.2) is 5.78 Å². The Balaban J connectivity index is 1.81. The molecule has 0 saturated heterocycles. The van der Waals surface area contributed by atoms with Crippen molar-refractivity contribution in [1.82, 2.24) is 9.55 Å². The van der Waals surface area contributed by atoms with Crippen molar-refractivity contribution >= 4 is 44.3 Å². The van der Waals surface area contributed by atoms with Crippen molar-refractivity contribution in [2.24, 2.45) is 0 Å². The third kappa shape index (κ3) is 4.70. The minimum Gasteiger partial charge on any atom is -0.322 e. The summed E-state index contributed by atoms with van der Waals surface area (Å²) in [6.07, 6.45) is 1.46. The molecule has 172 valence electrons. The summed E-state index contributed by atoms with van der Waals surface area (Å²) in [6, 6.07) is 18.0. The summed E-state index contributed by atoms with van der Waals surface area (Å²) < 4.78 is 2.44. The van der Waals surface area contributed by atoms with Crippen molar-refractivity contribution in [3.63, 3.8) is 0 Å². The summed E-state index contributed by atoms with van der Waals surface area (Å²) >= 11 is 3.36. The number of aromatic nitrogens is 2. The van der Waals surface area contributed by atoms with E-state index in [1.54, 1.807) is 45.9 Å². The van der Waals surface area contributed by atoms with Crippen LogP contribution in [0.4, 0.5) is 5.69 Å². The average molecular weight is 518 g/mol. The lowest BCUT2D eigenvalue weighted by Crippen LogP contribution is -2.34. The number of likely N-dealkylation sites (N-methyl/N-ethyl adjacent to an activating group) is 1. The molecular weight excluding hydrogens is 494 g/mol. The standard InChI is InChI=1S/C27H24BrN3O3/c1-4-31(21-7-5-6-17(2)14-21)24(32)16-30-15-23(25(33)19-9-11-20(28)12-10-19)26(34)22-13-8-18(3)29-27(22)30/h5-15H,4,16H2,1-3H3. The molecule has 0 spiro atoms. The normalized spacial score (nSPS) is 10.9. The van der Waals surface area contributed by atoms with E-state index in [-0.39, 0.29) is 18.0 Å². The Morgan fingerprint density at radius 2 is 1.76 bits per heavy atom. The monoisotopic (exact) mass is 517 g/mol. The lowest BCUT2D eigenvalue weighted by molar-refractivity contribution is -0.119. The van der Waals surface area contributed by atoms with Gasteiger partial charge in [0, 0.05) is 34.2 Å². The largest absolute Gasteiger partial charge is 0.322 e. The molecule has 4 rings (SSSR count). The van der Waals surface area contributed by atoms with Crippen LogP contribution in [0, 0.1) is 13.8 Å². The van der Waals surface area contributed by atoms with E-state index in [9.17, 15) is 14.4 Å². The summed E-state index contributed by atoms with van der Waals surface area (Å²) in [4.78, 5) is 46.0. The molecule has 0 radical (unpaired) electrons. The van der Waals surface area contributed by atoms with Gasteiger partial charge in [0.2, 0.25) is 11.3 Å². The minimum absolute atomic E-state index is 0.00637. The third-order valence-electron chi connectivity index (χ3n) is 5.65. The van der Waals surface area contributed by atoms with Gasteiger partial charge in [-0.15, -0.1) is 0 Å². The molecule has 2 aromatic heterocycles. The van der Waals surface area contributed by atoms with Crippen molar-refractivity contribution in [1.29, 1.82) is 0 Å². The Hall–Kier alpha value is -3.58. The zero-order valence-corrected chi connectivity index (χ0v) is 20.8. The highest BCUT2D eigenvalue weighted by molar-refractivity contribution is 9.10. The van der Waals surface area contributed by atoms with Gasteiger partial charge in [0.1, 0.15) is 12.2 Å². The van der Waals surface area contributed by atoms with Gasteiger partial charge in [-0.1, -0.05) is 28.1 Å². The van der Waals surface area contributed by atoms with E-state index < -0.39 is 11.2 Å². The van der Waals surface area contributed by atoms with Crippen molar-refractivity contribution in [3.8, 4) is 0 Å². The highest BCUT2D eigenvalue weighted by atomic mass is 79.9. The van der Waals surface area contributed by atoms with Crippen LogP contribution < -0.4 is 10.3 Å². The third-order valence-corrected chi connectivity index (χ3v) is 6.18. The number of anilines is 1. The first-order valence-electron chi connectivity index (χ1n) is 11.0. The highest BCUT2D eigenvalue weighted by Crippen LogP contribution is 2.19. The van der Waals surface area contributed by atoms with Crippen LogP contribution in [0.15, 0.2) is 76.1 Å². The number of pyridine rings is 2. The molecule has 4 aromatic rings. The van der Waals surface area contributed by atoms with Crippen molar-refractivity contribution in [3.05, 3.63) is 104 Å². The number of nitrogens with zero attached hydrogens (tertiary/aromatic N) is 3. The predicted octanol–water partition coefficient (Wildman–Crippen LogP) is 5.06. The summed E-state index contributed by atoms with van der Waals surface area (Å²) in [6.45, 7) is 6.13. The quantitative estimate of drug-likeness (QED) is 0.335. The molecule has 0 saturated carbocycles. The van der Waals surface area contributed by atoms with Crippen LogP contribution in [-0.4, -0.2) is 27.8 Å². The Morgan fingerprint density at radius 1 is 1.03 bits per heavy atom. The van der Waals surface area contributed by atoms with Gasteiger partial charge in [-0.3, -0.25) is 14.4 Å². The number of ketones is 1. The first-order chi connectivity index (χ1) is 16.3. The van der Waals surface area contributed by atoms with Gasteiger partial charge in [0.25, 0.3) is 0 Å². The number of halogens is 1. The molecule has 0 aliphatic carbocycles. The lowest BCUT2D eigenvalue weighted by atomic mass is 10.0. The minimum atomic E-state index is -0.398. The molecule has 0 fully saturated rings. The second-order valence-electron chi connectivity index (χ2n) is 8.14. The van der Waals surface area contributed by atoms with E-state index >= 15 is 0 Å². The number of carbonyl (C=O) groups is 2. The fraction of sp³-hybridized carbons (Fsp3) is 0.185. The Kier molecular flexibility index (Phi) is 6.75. The molecule has 0 bridgehead atoms. The molecule has 0 aliphatic rings. The molecule has 6 nitrogen and oxygen atoms in total. The van der Waals surface area contributed by atoms with E-state index in [0.29, 0.717) is 28.8 Å². The maximum Gasteiger partial charge on any atom is 0.246 e. The first-order valence-corrected chi connectivity index (χ1v) is 11.8. The molecule has 2 aromatic carbocycles. The number of aryl methyl sites for hydroxylation is 2. The smallest absolute Gasteiger partial charge is 0.246 e. The number of hydrogen-bond acceptors (Lipinski definition) is 4. The van der Waals surface area contributed by atoms with Crippen molar-refractivity contribution < 1.29 is 9.59 Å². The SMILES string of the molecule is CCN(C(=O)Cn1cc(C(=O)c2ccc(Br)cc2)c(=O)c2ccc(C)nc21)c1cccc(C)c1. The van der Waals surface area contributed by atoms with Gasteiger partial charge in [0.05, 0.1) is 10.9 Å². The maximum absolute atomic E-state index is 13.4. The van der Waals surface area contributed by atoms with Gasteiger partial charge in [-0.2, -0.15) is 0 Å². The number of amides is 1. The van der Waals surface area contributed by atoms with Gasteiger partial charge >= 0.3 is 0 Å². The van der Waals surface area contributed by atoms with Crippen LogP contribution in [0.3, 0.4) is 0 Å². The molecule has 0 atom stereocenters. The highest BCUT2D eigenvalue weighted by Gasteiger charge is 2.21. The van der Waals surface area contributed by atoms with Crippen LogP contribution >= 0.6 is 15.9 Å². The Bertz CT molecular complexity index is 1460. The van der Waals surface area contributed by atoms with Crippen LogP contribution in [0.1, 0.15) is 34.1 Å². The first kappa shape index (κ1) is 23.6. The van der Waals surface area contributed by atoms with Crippen molar-refractivity contribution in [2.75, 3.05) is 11.4 Å². The van der Waals surface area contributed by atoms with Crippen LogP contribution in [0.2, 0.25) is 0 Å². The van der Waals surface area contributed by atoms with Crippen LogP contribution in [-0.2, 0) is 11.3 Å². The van der Waals surface area contributed by atoms with E-state index in [0.717, 1.165) is 15.7 Å². The zero-order valence-electron chi connectivity index (χ0n) is 19.2. The lowest BCUT2D eigenvalue weighted by Gasteiger charge is -2.23. The molecule has 0 unspecified atom stereocenters. The van der Waals surface area contributed by atoms with Gasteiger partial charge in [-0.25, -0.2) is 4.98 Å². The molecule has 1 amide bonds. The van der Waals surface area contributed by atoms with Crippen molar-refractivity contribution in [2.45, 2.75) is 27.3 Å². The predicted molar refractivity (Wildman–Crippen MR) is 138 cm³/mol. The second kappa shape index (κ2) is 9.73. The topological polar surface area (TPSA) is 72.3 Å². The number of carbonyl (C=O) groups excluding carboxylic acids is 2. The van der Waals surface area contributed by atoms with Gasteiger partial charge < -0.3 is 9.47 Å². The van der Waals surface area contributed by atoms with Crippen LogP contribution in [0.5, 0.6) is 0 Å². The number of fused-ring (bicyclic) bond motifs is 1. The average Bonchev–Trinajstić information content (AvgIpc) is 2.81. The van der Waals surface area contributed by atoms with E-state index in [4.69, 9.17) is 0 Å². The fourth-order valence-electron chi connectivity index (χ4n) is 3.93. The summed E-state index contributed by atoms with van der Waals surface area (Å²) in [7, 11) is 0. The van der Waals surface area contributed by atoms with E-state index in [1.807, 2.05) is 45.0 Å². The molecule has 2 heterocycles. The summed E-state index contributed by atoms with van der Waals surface area (Å²) in [5.41, 5.74) is 2.95. The fourth-order valence-corrected chi connectivity index (χ4v) is 4.19. The van der Waals surface area contributed by atoms with Crippen LogP contribution in [0.25, 0.3) is 11.0 Å². The molecule has 0 aliphatic heterocycles. The van der Waals surface area contributed by atoms with E-state index in [2.05, 4.69) is 20.9 Å².